The van der Waals surface area contributed by atoms with E-state index in [0.29, 0.717) is 21.6 Å². The van der Waals surface area contributed by atoms with Crippen molar-refractivity contribution < 1.29 is 13.2 Å². The highest BCUT2D eigenvalue weighted by Crippen LogP contribution is 2.32. The van der Waals surface area contributed by atoms with Crippen LogP contribution in [0.2, 0.25) is 5.02 Å². The van der Waals surface area contributed by atoms with Gasteiger partial charge in [-0.1, -0.05) is 23.7 Å². The van der Waals surface area contributed by atoms with Crippen molar-refractivity contribution in [3.8, 4) is 17.0 Å². The monoisotopic (exact) mass is 445 g/mol. The highest BCUT2D eigenvalue weighted by molar-refractivity contribution is 7.92. The number of hydrogen-bond donors (Lipinski definition) is 2. The van der Waals surface area contributed by atoms with Crippen molar-refractivity contribution in [2.45, 2.75) is 0 Å². The van der Waals surface area contributed by atoms with Crippen molar-refractivity contribution in [2.24, 2.45) is 0 Å². The first kappa shape index (κ1) is 21.3. The lowest BCUT2D eigenvalue weighted by Crippen LogP contribution is -2.09. The third-order valence-electron chi connectivity index (χ3n) is 3.41. The second kappa shape index (κ2) is 8.79. The molecule has 6 nitrogen and oxygen atoms in total. The van der Waals surface area contributed by atoms with Gasteiger partial charge in [-0.05, 0) is 24.3 Å². The fourth-order valence-electron chi connectivity index (χ4n) is 2.23. The van der Waals surface area contributed by atoms with Crippen LogP contribution in [0.5, 0.6) is 5.75 Å². The molecular weight excluding hydrogens is 429 g/mol. The number of thiazole rings is 1. The van der Waals surface area contributed by atoms with E-state index in [9.17, 15) is 8.42 Å². The Hall–Kier alpha value is -2.00. The van der Waals surface area contributed by atoms with Crippen molar-refractivity contribution in [1.29, 1.82) is 0 Å². The van der Waals surface area contributed by atoms with E-state index in [-0.39, 0.29) is 12.4 Å². The maximum Gasteiger partial charge on any atom is 0.229 e. The van der Waals surface area contributed by atoms with Crippen LogP contribution >= 0.6 is 35.3 Å². The highest BCUT2D eigenvalue weighted by atomic mass is 35.5. The minimum absolute atomic E-state index is 0. The molecule has 0 bridgehead atoms. The summed E-state index contributed by atoms with van der Waals surface area (Å²) in [6.07, 6.45) is 1.11. The SMILES string of the molecule is COc1ccc(Nc2nc(-c3ccc(NS(C)(=O)=O)cc3)cs2)c(Cl)c1.Cl. The van der Waals surface area contributed by atoms with Crippen LogP contribution in [0.25, 0.3) is 11.3 Å². The number of anilines is 3. The molecule has 0 radical (unpaired) electrons. The molecule has 27 heavy (non-hydrogen) atoms. The van der Waals surface area contributed by atoms with Crippen molar-refractivity contribution in [3.05, 3.63) is 52.9 Å². The normalized spacial score (nSPS) is 10.8. The van der Waals surface area contributed by atoms with Gasteiger partial charge in [0.25, 0.3) is 0 Å². The minimum Gasteiger partial charge on any atom is -0.497 e. The zero-order chi connectivity index (χ0) is 18.7. The van der Waals surface area contributed by atoms with Crippen LogP contribution in [0, 0.1) is 0 Å². The van der Waals surface area contributed by atoms with E-state index in [1.807, 2.05) is 29.6 Å². The molecule has 1 heterocycles. The topological polar surface area (TPSA) is 80.3 Å². The van der Waals surface area contributed by atoms with Gasteiger partial charge in [0.2, 0.25) is 10.0 Å². The fraction of sp³-hybridized carbons (Fsp3) is 0.118. The van der Waals surface area contributed by atoms with Gasteiger partial charge in [-0.25, -0.2) is 13.4 Å². The lowest BCUT2D eigenvalue weighted by atomic mass is 10.1. The molecule has 1 aromatic heterocycles. The Morgan fingerprint density at radius 2 is 1.85 bits per heavy atom. The van der Waals surface area contributed by atoms with E-state index >= 15 is 0 Å². The average Bonchev–Trinajstić information content (AvgIpc) is 3.04. The number of methoxy groups -OCH3 is 1. The summed E-state index contributed by atoms with van der Waals surface area (Å²) < 4.78 is 30.1. The zero-order valence-corrected chi connectivity index (χ0v) is 17.6. The van der Waals surface area contributed by atoms with Gasteiger partial charge in [-0.15, -0.1) is 23.7 Å². The molecular formula is C17H17Cl2N3O3S2. The molecule has 3 aromatic rings. The standard InChI is InChI=1S/C17H16ClN3O3S2.ClH/c1-24-13-7-8-15(14(18)9-13)19-17-20-16(10-25-17)11-3-5-12(6-4-11)21-26(2,22)23;/h3-10,21H,1-2H3,(H,19,20);1H. The number of benzene rings is 2. The zero-order valence-electron chi connectivity index (χ0n) is 14.4. The molecule has 0 atom stereocenters. The molecule has 0 aliphatic rings. The van der Waals surface area contributed by atoms with E-state index in [1.54, 1.807) is 25.3 Å². The molecule has 0 unspecified atom stereocenters. The largest absolute Gasteiger partial charge is 0.497 e. The maximum atomic E-state index is 11.3. The van der Waals surface area contributed by atoms with Crippen LogP contribution < -0.4 is 14.8 Å². The predicted octanol–water partition coefficient (Wildman–Crippen LogP) is 5.01. The smallest absolute Gasteiger partial charge is 0.229 e. The van der Waals surface area contributed by atoms with E-state index in [1.165, 1.54) is 11.3 Å². The number of sulfonamides is 1. The summed E-state index contributed by atoms with van der Waals surface area (Å²) in [5.41, 5.74) is 2.91. The van der Waals surface area contributed by atoms with Crippen molar-refractivity contribution in [2.75, 3.05) is 23.4 Å². The molecule has 0 amide bonds. The lowest BCUT2D eigenvalue weighted by molar-refractivity contribution is 0.415. The van der Waals surface area contributed by atoms with E-state index < -0.39 is 10.0 Å². The summed E-state index contributed by atoms with van der Waals surface area (Å²) in [5, 5.41) is 6.34. The Morgan fingerprint density at radius 1 is 1.15 bits per heavy atom. The summed E-state index contributed by atoms with van der Waals surface area (Å²) in [4.78, 5) is 4.54. The van der Waals surface area contributed by atoms with E-state index in [4.69, 9.17) is 16.3 Å². The molecule has 10 heteroatoms. The van der Waals surface area contributed by atoms with Gasteiger partial charge in [0.1, 0.15) is 5.75 Å². The Bertz CT molecular complexity index is 1020. The van der Waals surface area contributed by atoms with Crippen LogP contribution in [0.3, 0.4) is 0 Å². The fourth-order valence-corrected chi connectivity index (χ4v) is 3.74. The van der Waals surface area contributed by atoms with Crippen LogP contribution in [-0.2, 0) is 10.0 Å². The van der Waals surface area contributed by atoms with Gasteiger partial charge in [0.15, 0.2) is 5.13 Å². The third kappa shape index (κ3) is 5.74. The summed E-state index contributed by atoms with van der Waals surface area (Å²) >= 11 is 7.68. The van der Waals surface area contributed by atoms with Gasteiger partial charge in [0.05, 0.1) is 29.8 Å². The summed E-state index contributed by atoms with van der Waals surface area (Å²) in [7, 11) is -1.70. The first-order valence-corrected chi connectivity index (χ1v) is 10.6. The summed E-state index contributed by atoms with van der Waals surface area (Å²) in [5.74, 6) is 0.683. The summed E-state index contributed by atoms with van der Waals surface area (Å²) in [6.45, 7) is 0. The summed E-state index contributed by atoms with van der Waals surface area (Å²) in [6, 6.07) is 12.4. The number of ether oxygens (including phenoxy) is 1. The Kier molecular flexibility index (Phi) is 6.94. The number of nitrogens with one attached hydrogen (secondary N) is 2. The van der Waals surface area contributed by atoms with Gasteiger partial charge < -0.3 is 10.1 Å². The van der Waals surface area contributed by atoms with Gasteiger partial charge in [-0.3, -0.25) is 4.72 Å². The quantitative estimate of drug-likeness (QED) is 0.557. The molecule has 0 spiro atoms. The second-order valence-electron chi connectivity index (χ2n) is 5.46. The van der Waals surface area contributed by atoms with Gasteiger partial charge >= 0.3 is 0 Å². The predicted molar refractivity (Wildman–Crippen MR) is 115 cm³/mol. The van der Waals surface area contributed by atoms with Gasteiger partial charge in [0, 0.05) is 22.7 Å². The van der Waals surface area contributed by atoms with Crippen LogP contribution in [-0.4, -0.2) is 26.8 Å². The van der Waals surface area contributed by atoms with E-state index in [2.05, 4.69) is 15.0 Å². The number of hydrogen-bond acceptors (Lipinski definition) is 6. The number of halogens is 2. The molecule has 3 rings (SSSR count). The van der Waals surface area contributed by atoms with Crippen LogP contribution in [0.15, 0.2) is 47.8 Å². The molecule has 0 aliphatic carbocycles. The molecule has 0 saturated carbocycles. The third-order valence-corrected chi connectivity index (χ3v) is 5.08. The first-order chi connectivity index (χ1) is 12.3. The average molecular weight is 446 g/mol. The van der Waals surface area contributed by atoms with E-state index in [0.717, 1.165) is 23.2 Å². The maximum absolute atomic E-state index is 11.3. The Balaban J connectivity index is 0.00000261. The molecule has 0 saturated heterocycles. The molecule has 0 fully saturated rings. The lowest BCUT2D eigenvalue weighted by Gasteiger charge is -2.07. The minimum atomic E-state index is -3.29. The molecule has 0 aliphatic heterocycles. The molecule has 2 aromatic carbocycles. The number of aromatic nitrogens is 1. The van der Waals surface area contributed by atoms with Crippen molar-refractivity contribution in [1.82, 2.24) is 4.98 Å². The second-order valence-corrected chi connectivity index (χ2v) is 8.47. The number of nitrogens with zero attached hydrogens (tertiary/aromatic N) is 1. The Morgan fingerprint density at radius 3 is 2.44 bits per heavy atom. The molecule has 144 valence electrons. The molecule has 2 N–H and O–H groups in total. The Labute approximate surface area is 173 Å². The van der Waals surface area contributed by atoms with Crippen LogP contribution in [0.4, 0.5) is 16.5 Å². The number of rotatable bonds is 6. The van der Waals surface area contributed by atoms with Crippen molar-refractivity contribution >= 4 is 61.9 Å². The first-order valence-electron chi connectivity index (χ1n) is 7.48. The highest BCUT2D eigenvalue weighted by Gasteiger charge is 2.08. The van der Waals surface area contributed by atoms with Crippen LogP contribution in [0.1, 0.15) is 0 Å². The van der Waals surface area contributed by atoms with Crippen molar-refractivity contribution in [3.63, 3.8) is 0 Å². The van der Waals surface area contributed by atoms with Gasteiger partial charge in [-0.2, -0.15) is 0 Å².